The zero-order valence-corrected chi connectivity index (χ0v) is 7.84. The van der Waals surface area contributed by atoms with E-state index in [2.05, 4.69) is 0 Å². The minimum absolute atomic E-state index is 0.0153. The third kappa shape index (κ3) is 2.44. The van der Waals surface area contributed by atoms with E-state index < -0.39 is 0 Å². The van der Waals surface area contributed by atoms with Gasteiger partial charge < -0.3 is 15.2 Å². The molecule has 0 aromatic carbocycles. The molecule has 1 fully saturated rings. The number of hydrogen-bond acceptors (Lipinski definition) is 3. The first kappa shape index (κ1) is 9.96. The van der Waals surface area contributed by atoms with Crippen LogP contribution in [0.2, 0.25) is 0 Å². The molecule has 2 N–H and O–H groups in total. The smallest absolute Gasteiger partial charge is 0.0805 e. The van der Waals surface area contributed by atoms with Crippen LogP contribution in [0.4, 0.5) is 0 Å². The molecule has 0 saturated heterocycles. The van der Waals surface area contributed by atoms with Crippen LogP contribution in [0.3, 0.4) is 0 Å². The van der Waals surface area contributed by atoms with Crippen molar-refractivity contribution in [1.29, 1.82) is 0 Å². The van der Waals surface area contributed by atoms with E-state index in [1.54, 1.807) is 7.11 Å². The molecule has 0 amide bonds. The Morgan fingerprint density at radius 3 is 2.42 bits per heavy atom. The maximum absolute atomic E-state index is 5.73. The largest absolute Gasteiger partial charge is 0.382 e. The fourth-order valence-electron chi connectivity index (χ4n) is 1.77. The summed E-state index contributed by atoms with van der Waals surface area (Å²) in [5, 5.41) is 0. The van der Waals surface area contributed by atoms with Crippen LogP contribution >= 0.6 is 0 Å². The fourth-order valence-corrected chi connectivity index (χ4v) is 1.77. The third-order valence-electron chi connectivity index (χ3n) is 2.58. The molecule has 0 spiro atoms. The second-order valence-electron chi connectivity index (χ2n) is 3.44. The molecule has 0 bridgehead atoms. The summed E-state index contributed by atoms with van der Waals surface area (Å²) >= 11 is 0. The maximum Gasteiger partial charge on any atom is 0.0805 e. The van der Waals surface area contributed by atoms with Gasteiger partial charge in [0.2, 0.25) is 0 Å². The van der Waals surface area contributed by atoms with E-state index in [-0.39, 0.29) is 5.60 Å². The molecule has 0 aromatic heterocycles. The highest BCUT2D eigenvalue weighted by Crippen LogP contribution is 2.31. The van der Waals surface area contributed by atoms with Crippen molar-refractivity contribution in [3.8, 4) is 0 Å². The zero-order chi connectivity index (χ0) is 8.86. The van der Waals surface area contributed by atoms with Crippen molar-refractivity contribution >= 4 is 0 Å². The fraction of sp³-hybridized carbons (Fsp3) is 1.00. The lowest BCUT2D eigenvalue weighted by atomic mass is 10.0. The van der Waals surface area contributed by atoms with Crippen LogP contribution in [0.5, 0.6) is 0 Å². The van der Waals surface area contributed by atoms with Gasteiger partial charge in [0.25, 0.3) is 0 Å². The van der Waals surface area contributed by atoms with Crippen molar-refractivity contribution in [2.45, 2.75) is 31.3 Å². The van der Waals surface area contributed by atoms with Gasteiger partial charge in [-0.2, -0.15) is 0 Å². The second kappa shape index (κ2) is 4.80. The van der Waals surface area contributed by atoms with Gasteiger partial charge >= 0.3 is 0 Å². The Hall–Kier alpha value is -0.120. The van der Waals surface area contributed by atoms with Crippen LogP contribution in [0.15, 0.2) is 0 Å². The minimum atomic E-state index is -0.0153. The van der Waals surface area contributed by atoms with E-state index >= 15 is 0 Å². The van der Waals surface area contributed by atoms with Crippen LogP contribution in [-0.2, 0) is 9.47 Å². The standard InChI is InChI=1S/C9H19NO2/c1-11-6-7-12-9(8-10)4-2-3-5-9/h2-8,10H2,1H3. The summed E-state index contributed by atoms with van der Waals surface area (Å²) in [6, 6.07) is 0. The predicted octanol–water partition coefficient (Wildman–Crippen LogP) is 0.921. The Bertz CT molecular complexity index is 122. The van der Waals surface area contributed by atoms with Crippen molar-refractivity contribution in [2.24, 2.45) is 5.73 Å². The van der Waals surface area contributed by atoms with Gasteiger partial charge in [0.1, 0.15) is 0 Å². The van der Waals surface area contributed by atoms with Crippen LogP contribution in [0, 0.1) is 0 Å². The zero-order valence-electron chi connectivity index (χ0n) is 7.84. The van der Waals surface area contributed by atoms with E-state index in [4.69, 9.17) is 15.2 Å². The third-order valence-corrected chi connectivity index (χ3v) is 2.58. The Balaban J connectivity index is 2.24. The highest BCUT2D eigenvalue weighted by atomic mass is 16.5. The molecule has 1 rings (SSSR count). The normalized spacial score (nSPS) is 21.5. The van der Waals surface area contributed by atoms with Crippen molar-refractivity contribution in [3.63, 3.8) is 0 Å². The number of methoxy groups -OCH3 is 1. The van der Waals surface area contributed by atoms with E-state index in [0.29, 0.717) is 19.8 Å². The molecule has 1 saturated carbocycles. The van der Waals surface area contributed by atoms with Gasteiger partial charge in [-0.05, 0) is 12.8 Å². The SMILES string of the molecule is COCCOC1(CN)CCCC1. The molecule has 72 valence electrons. The summed E-state index contributed by atoms with van der Waals surface area (Å²) in [6.07, 6.45) is 4.74. The topological polar surface area (TPSA) is 44.5 Å². The molecule has 1 aliphatic rings. The Kier molecular flexibility index (Phi) is 3.98. The van der Waals surface area contributed by atoms with Gasteiger partial charge in [-0.25, -0.2) is 0 Å². The van der Waals surface area contributed by atoms with Crippen LogP contribution < -0.4 is 5.73 Å². The average Bonchev–Trinajstić information content (AvgIpc) is 2.55. The van der Waals surface area contributed by atoms with Crippen molar-refractivity contribution < 1.29 is 9.47 Å². The summed E-state index contributed by atoms with van der Waals surface area (Å²) in [4.78, 5) is 0. The monoisotopic (exact) mass is 173 g/mol. The van der Waals surface area contributed by atoms with Crippen molar-refractivity contribution in [1.82, 2.24) is 0 Å². The molecule has 0 aliphatic heterocycles. The van der Waals surface area contributed by atoms with Gasteiger partial charge in [-0.1, -0.05) is 12.8 Å². The van der Waals surface area contributed by atoms with Crippen LogP contribution in [0.1, 0.15) is 25.7 Å². The quantitative estimate of drug-likeness (QED) is 0.629. The number of rotatable bonds is 5. The number of ether oxygens (including phenoxy) is 2. The van der Waals surface area contributed by atoms with Crippen molar-refractivity contribution in [2.75, 3.05) is 26.9 Å². The van der Waals surface area contributed by atoms with E-state index in [1.165, 1.54) is 12.8 Å². The predicted molar refractivity (Wildman–Crippen MR) is 48.1 cm³/mol. The van der Waals surface area contributed by atoms with Gasteiger partial charge in [0, 0.05) is 13.7 Å². The molecular weight excluding hydrogens is 154 g/mol. The highest BCUT2D eigenvalue weighted by molar-refractivity contribution is 4.87. The van der Waals surface area contributed by atoms with E-state index in [0.717, 1.165) is 12.8 Å². The van der Waals surface area contributed by atoms with Gasteiger partial charge in [-0.3, -0.25) is 0 Å². The van der Waals surface area contributed by atoms with Gasteiger partial charge in [-0.15, -0.1) is 0 Å². The molecule has 0 unspecified atom stereocenters. The van der Waals surface area contributed by atoms with E-state index in [9.17, 15) is 0 Å². The maximum atomic E-state index is 5.73. The van der Waals surface area contributed by atoms with Crippen molar-refractivity contribution in [3.05, 3.63) is 0 Å². The summed E-state index contributed by atoms with van der Waals surface area (Å²) in [7, 11) is 1.69. The lowest BCUT2D eigenvalue weighted by molar-refractivity contribution is -0.0524. The first-order valence-electron chi connectivity index (χ1n) is 4.66. The summed E-state index contributed by atoms with van der Waals surface area (Å²) in [5.41, 5.74) is 5.67. The summed E-state index contributed by atoms with van der Waals surface area (Å²) < 4.78 is 10.7. The summed E-state index contributed by atoms with van der Waals surface area (Å²) in [5.74, 6) is 0. The summed E-state index contributed by atoms with van der Waals surface area (Å²) in [6.45, 7) is 1.99. The lowest BCUT2D eigenvalue weighted by Gasteiger charge is -2.27. The molecule has 1 aliphatic carbocycles. The van der Waals surface area contributed by atoms with Crippen LogP contribution in [0.25, 0.3) is 0 Å². The van der Waals surface area contributed by atoms with Gasteiger partial charge in [0.15, 0.2) is 0 Å². The molecule has 0 radical (unpaired) electrons. The highest BCUT2D eigenvalue weighted by Gasteiger charge is 2.32. The molecule has 3 nitrogen and oxygen atoms in total. The molecule has 3 heteroatoms. The van der Waals surface area contributed by atoms with Crippen LogP contribution in [-0.4, -0.2) is 32.5 Å². The molecule has 0 heterocycles. The molecule has 12 heavy (non-hydrogen) atoms. The molecule has 0 aromatic rings. The van der Waals surface area contributed by atoms with E-state index in [1.807, 2.05) is 0 Å². The molecular formula is C9H19NO2. The Labute approximate surface area is 74.2 Å². The lowest BCUT2D eigenvalue weighted by Crippen LogP contribution is -2.38. The van der Waals surface area contributed by atoms with Gasteiger partial charge in [0.05, 0.1) is 18.8 Å². The second-order valence-corrected chi connectivity index (χ2v) is 3.44. The minimum Gasteiger partial charge on any atom is -0.382 e. The number of hydrogen-bond donors (Lipinski definition) is 1. The first-order chi connectivity index (χ1) is 5.83. The first-order valence-corrected chi connectivity index (χ1v) is 4.66. The average molecular weight is 173 g/mol. The number of nitrogens with two attached hydrogens (primary N) is 1. The molecule has 0 atom stereocenters. The Morgan fingerprint density at radius 1 is 1.25 bits per heavy atom. The Morgan fingerprint density at radius 2 is 1.92 bits per heavy atom.